The molecule has 6 heteroatoms. The monoisotopic (exact) mass is 347 g/mol. The lowest BCUT2D eigenvalue weighted by molar-refractivity contribution is -0.121. The average Bonchev–Trinajstić information content (AvgIpc) is 2.54. The van der Waals surface area contributed by atoms with Gasteiger partial charge in [0.15, 0.2) is 0 Å². The van der Waals surface area contributed by atoms with Gasteiger partial charge in [-0.05, 0) is 39.2 Å². The summed E-state index contributed by atoms with van der Waals surface area (Å²) in [5.41, 5.74) is 0.748. The van der Waals surface area contributed by atoms with E-state index in [1.54, 1.807) is 20.8 Å². The number of nitrogens with zero attached hydrogens (tertiary/aromatic N) is 1. The van der Waals surface area contributed by atoms with Gasteiger partial charge in [0.2, 0.25) is 5.91 Å². The van der Waals surface area contributed by atoms with Crippen molar-refractivity contribution in [3.8, 4) is 0 Å². The Hall–Kier alpha value is -2.08. The summed E-state index contributed by atoms with van der Waals surface area (Å²) in [6.45, 7) is 8.17. The molecule has 1 saturated heterocycles. The third kappa shape index (κ3) is 7.56. The minimum absolute atomic E-state index is 0.0564. The lowest BCUT2D eigenvalue weighted by Crippen LogP contribution is -2.47. The van der Waals surface area contributed by atoms with Crippen LogP contribution in [0.1, 0.15) is 39.2 Å². The van der Waals surface area contributed by atoms with Crippen LogP contribution >= 0.6 is 0 Å². The molecule has 2 rings (SSSR count). The fourth-order valence-electron chi connectivity index (χ4n) is 2.82. The van der Waals surface area contributed by atoms with E-state index in [4.69, 9.17) is 4.74 Å². The summed E-state index contributed by atoms with van der Waals surface area (Å²) in [5, 5.41) is 5.47. The molecule has 1 heterocycles. The van der Waals surface area contributed by atoms with Gasteiger partial charge in [-0.2, -0.15) is 0 Å². The molecule has 0 unspecified atom stereocenters. The summed E-state index contributed by atoms with van der Waals surface area (Å²) < 4.78 is 5.11. The Balaban J connectivity index is 1.64. The molecule has 2 amide bonds. The topological polar surface area (TPSA) is 70.7 Å². The molecule has 1 aliphatic rings. The lowest BCUT2D eigenvalue weighted by atomic mass is 10.0. The fourth-order valence-corrected chi connectivity index (χ4v) is 2.82. The molecule has 6 nitrogen and oxygen atoms in total. The predicted octanol–water partition coefficient (Wildman–Crippen LogP) is 2.29. The van der Waals surface area contributed by atoms with Crippen molar-refractivity contribution in [2.24, 2.45) is 0 Å². The molecular weight excluding hydrogens is 318 g/mol. The average molecular weight is 347 g/mol. The van der Waals surface area contributed by atoms with E-state index in [0.29, 0.717) is 0 Å². The molecule has 138 valence electrons. The Morgan fingerprint density at radius 2 is 1.80 bits per heavy atom. The van der Waals surface area contributed by atoms with E-state index in [-0.39, 0.29) is 18.5 Å². The molecule has 0 saturated carbocycles. The Kier molecular flexibility index (Phi) is 6.82. The smallest absolute Gasteiger partial charge is 0.408 e. The van der Waals surface area contributed by atoms with E-state index in [1.165, 1.54) is 5.56 Å². The van der Waals surface area contributed by atoms with Crippen molar-refractivity contribution in [3.05, 3.63) is 35.9 Å². The highest BCUT2D eigenvalue weighted by molar-refractivity contribution is 5.82. The van der Waals surface area contributed by atoms with Crippen LogP contribution in [0.15, 0.2) is 30.3 Å². The number of rotatable bonds is 5. The van der Waals surface area contributed by atoms with E-state index in [0.717, 1.165) is 32.5 Å². The molecule has 25 heavy (non-hydrogen) atoms. The second-order valence-electron chi connectivity index (χ2n) is 7.46. The standard InChI is InChI=1S/C19H29N3O3/c1-19(2,3)25-18(24)20-13-17(23)21-16-9-11-22(12-10-16)14-15-7-5-4-6-8-15/h4-8,16H,9-14H2,1-3H3,(H,20,24)(H,21,23). The van der Waals surface area contributed by atoms with Crippen molar-refractivity contribution < 1.29 is 14.3 Å². The second kappa shape index (κ2) is 8.85. The normalized spacial score (nSPS) is 16.3. The molecule has 0 radical (unpaired) electrons. The van der Waals surface area contributed by atoms with Crippen molar-refractivity contribution >= 4 is 12.0 Å². The van der Waals surface area contributed by atoms with E-state index in [2.05, 4.69) is 39.8 Å². The van der Waals surface area contributed by atoms with E-state index in [1.807, 2.05) is 6.07 Å². The number of hydrogen-bond acceptors (Lipinski definition) is 4. The highest BCUT2D eigenvalue weighted by Gasteiger charge is 2.21. The molecule has 1 aromatic rings. The number of nitrogens with one attached hydrogen (secondary N) is 2. The summed E-state index contributed by atoms with van der Waals surface area (Å²) in [5.74, 6) is -0.174. The van der Waals surface area contributed by atoms with Crippen LogP contribution in [0.25, 0.3) is 0 Å². The Morgan fingerprint density at radius 3 is 2.40 bits per heavy atom. The first-order valence-corrected chi connectivity index (χ1v) is 8.84. The van der Waals surface area contributed by atoms with Gasteiger partial charge in [0, 0.05) is 25.7 Å². The number of piperidine rings is 1. The fraction of sp³-hybridized carbons (Fsp3) is 0.579. The zero-order valence-electron chi connectivity index (χ0n) is 15.4. The minimum Gasteiger partial charge on any atom is -0.444 e. The Bertz CT molecular complexity index is 561. The van der Waals surface area contributed by atoms with Crippen molar-refractivity contribution in [2.45, 2.75) is 51.8 Å². The van der Waals surface area contributed by atoms with Gasteiger partial charge in [-0.25, -0.2) is 4.79 Å². The van der Waals surface area contributed by atoms with Crippen molar-refractivity contribution in [2.75, 3.05) is 19.6 Å². The molecule has 1 aliphatic heterocycles. The van der Waals surface area contributed by atoms with E-state index < -0.39 is 11.7 Å². The number of amides is 2. The van der Waals surface area contributed by atoms with E-state index in [9.17, 15) is 9.59 Å². The van der Waals surface area contributed by atoms with Crippen molar-refractivity contribution in [3.63, 3.8) is 0 Å². The molecule has 2 N–H and O–H groups in total. The maximum absolute atomic E-state index is 12.0. The molecule has 0 aliphatic carbocycles. The lowest BCUT2D eigenvalue weighted by Gasteiger charge is -2.32. The van der Waals surface area contributed by atoms with Gasteiger partial charge in [0.1, 0.15) is 12.1 Å². The number of alkyl carbamates (subject to hydrolysis) is 1. The Morgan fingerprint density at radius 1 is 1.16 bits per heavy atom. The first-order chi connectivity index (χ1) is 11.8. The molecule has 1 aromatic carbocycles. The first-order valence-electron chi connectivity index (χ1n) is 8.84. The van der Waals surface area contributed by atoms with Crippen LogP contribution in [-0.2, 0) is 16.1 Å². The van der Waals surface area contributed by atoms with Crippen LogP contribution in [0.5, 0.6) is 0 Å². The van der Waals surface area contributed by atoms with Crippen molar-refractivity contribution in [1.82, 2.24) is 15.5 Å². The number of likely N-dealkylation sites (tertiary alicyclic amines) is 1. The number of benzene rings is 1. The van der Waals surface area contributed by atoms with Crippen LogP contribution in [0, 0.1) is 0 Å². The number of hydrogen-bond donors (Lipinski definition) is 2. The van der Waals surface area contributed by atoms with Crippen LogP contribution in [0.4, 0.5) is 4.79 Å². The highest BCUT2D eigenvalue weighted by Crippen LogP contribution is 2.13. The van der Waals surface area contributed by atoms with Gasteiger partial charge in [0.05, 0.1) is 0 Å². The number of ether oxygens (including phenoxy) is 1. The molecule has 0 spiro atoms. The predicted molar refractivity (Wildman–Crippen MR) is 97.1 cm³/mol. The van der Waals surface area contributed by atoms with Gasteiger partial charge < -0.3 is 15.4 Å². The summed E-state index contributed by atoms with van der Waals surface area (Å²) in [6, 6.07) is 10.6. The second-order valence-corrected chi connectivity index (χ2v) is 7.46. The molecule has 0 aromatic heterocycles. The maximum Gasteiger partial charge on any atom is 0.408 e. The van der Waals surface area contributed by atoms with Gasteiger partial charge >= 0.3 is 6.09 Å². The molecule has 0 bridgehead atoms. The van der Waals surface area contributed by atoms with Crippen LogP contribution in [0.2, 0.25) is 0 Å². The third-order valence-electron chi connectivity index (χ3n) is 3.99. The zero-order valence-corrected chi connectivity index (χ0v) is 15.4. The highest BCUT2D eigenvalue weighted by atomic mass is 16.6. The SMILES string of the molecule is CC(C)(C)OC(=O)NCC(=O)NC1CCN(Cc2ccccc2)CC1. The quantitative estimate of drug-likeness (QED) is 0.857. The number of carbonyl (C=O) groups excluding carboxylic acids is 2. The summed E-state index contributed by atoms with van der Waals surface area (Å²) in [4.78, 5) is 25.9. The molecule has 0 atom stereocenters. The summed E-state index contributed by atoms with van der Waals surface area (Å²) in [7, 11) is 0. The van der Waals surface area contributed by atoms with Crippen molar-refractivity contribution in [1.29, 1.82) is 0 Å². The van der Waals surface area contributed by atoms with Gasteiger partial charge in [-0.3, -0.25) is 9.69 Å². The first kappa shape index (κ1) is 19.2. The van der Waals surface area contributed by atoms with Crippen LogP contribution < -0.4 is 10.6 Å². The van der Waals surface area contributed by atoms with Crippen LogP contribution in [0.3, 0.4) is 0 Å². The number of carbonyl (C=O) groups is 2. The molecule has 1 fully saturated rings. The minimum atomic E-state index is -0.569. The molecular formula is C19H29N3O3. The van der Waals surface area contributed by atoms with E-state index >= 15 is 0 Å². The summed E-state index contributed by atoms with van der Waals surface area (Å²) >= 11 is 0. The van der Waals surface area contributed by atoms with Gasteiger partial charge in [-0.15, -0.1) is 0 Å². The third-order valence-corrected chi connectivity index (χ3v) is 3.99. The Labute approximate surface area is 149 Å². The van der Waals surface area contributed by atoms with Gasteiger partial charge in [-0.1, -0.05) is 30.3 Å². The van der Waals surface area contributed by atoms with Gasteiger partial charge in [0.25, 0.3) is 0 Å². The largest absolute Gasteiger partial charge is 0.444 e. The maximum atomic E-state index is 12.0. The summed E-state index contributed by atoms with van der Waals surface area (Å²) in [6.07, 6.45) is 1.27. The van der Waals surface area contributed by atoms with Crippen LogP contribution in [-0.4, -0.2) is 48.2 Å². The zero-order chi connectivity index (χ0) is 18.3.